The monoisotopic (exact) mass is 272 g/mol. The summed E-state index contributed by atoms with van der Waals surface area (Å²) in [5.74, 6) is -0.225. The molecule has 6 nitrogen and oxygen atoms in total. The number of aryl methyl sites for hydroxylation is 2. The highest BCUT2D eigenvalue weighted by Crippen LogP contribution is 2.37. The largest absolute Gasteiger partial charge is 0.480 e. The summed E-state index contributed by atoms with van der Waals surface area (Å²) >= 11 is 0. The Morgan fingerprint density at radius 1 is 1.40 bits per heavy atom. The lowest BCUT2D eigenvalue weighted by molar-refractivity contribution is -0.142. The van der Waals surface area contributed by atoms with Crippen molar-refractivity contribution < 1.29 is 9.90 Å². The summed E-state index contributed by atoms with van der Waals surface area (Å²) in [4.78, 5) is 15.7. The van der Waals surface area contributed by atoms with Crippen molar-refractivity contribution in [3.05, 3.63) is 41.2 Å². The topological polar surface area (TPSA) is 94.0 Å². The molecular formula is C14H16N4O2. The Hall–Kier alpha value is -2.37. The third-order valence-electron chi connectivity index (χ3n) is 3.80. The third kappa shape index (κ3) is 2.03. The van der Waals surface area contributed by atoms with Crippen molar-refractivity contribution in [1.29, 1.82) is 0 Å². The van der Waals surface area contributed by atoms with E-state index >= 15 is 0 Å². The first-order valence-corrected chi connectivity index (χ1v) is 6.56. The molecule has 2 aromatic rings. The minimum atomic E-state index is -0.901. The zero-order valence-corrected chi connectivity index (χ0v) is 11.2. The van der Waals surface area contributed by atoms with E-state index in [-0.39, 0.29) is 11.9 Å². The molecule has 1 aromatic heterocycles. The fourth-order valence-corrected chi connectivity index (χ4v) is 2.82. The Balaban J connectivity index is 2.04. The maximum absolute atomic E-state index is 11.6. The zero-order valence-electron chi connectivity index (χ0n) is 11.2. The SMILES string of the molecule is Cc1ccc(C2CCc3nc(N)nn3C2C(=O)O)cc1. The molecule has 0 saturated carbocycles. The smallest absolute Gasteiger partial charge is 0.329 e. The maximum Gasteiger partial charge on any atom is 0.329 e. The molecule has 0 saturated heterocycles. The van der Waals surface area contributed by atoms with E-state index in [1.807, 2.05) is 31.2 Å². The van der Waals surface area contributed by atoms with Gasteiger partial charge in [0.1, 0.15) is 5.82 Å². The minimum absolute atomic E-state index is 0.110. The predicted molar refractivity (Wildman–Crippen MR) is 73.3 cm³/mol. The van der Waals surface area contributed by atoms with Crippen LogP contribution in [0.2, 0.25) is 0 Å². The number of nitrogens with two attached hydrogens (primary N) is 1. The fraction of sp³-hybridized carbons (Fsp3) is 0.357. The van der Waals surface area contributed by atoms with Gasteiger partial charge in [0.25, 0.3) is 0 Å². The summed E-state index contributed by atoms with van der Waals surface area (Å²) in [6.07, 6.45) is 1.42. The van der Waals surface area contributed by atoms with Crippen LogP contribution in [0.5, 0.6) is 0 Å². The minimum Gasteiger partial charge on any atom is -0.480 e. The second kappa shape index (κ2) is 4.63. The molecule has 2 atom stereocenters. The summed E-state index contributed by atoms with van der Waals surface area (Å²) in [5.41, 5.74) is 7.76. The van der Waals surface area contributed by atoms with E-state index in [0.717, 1.165) is 17.5 Å². The number of carboxylic acids is 1. The molecule has 2 unspecified atom stereocenters. The van der Waals surface area contributed by atoms with Gasteiger partial charge in [-0.25, -0.2) is 9.48 Å². The number of nitrogen functional groups attached to an aromatic ring is 1. The molecule has 0 spiro atoms. The number of carbonyl (C=O) groups is 1. The van der Waals surface area contributed by atoms with Crippen molar-refractivity contribution in [3.63, 3.8) is 0 Å². The number of aromatic nitrogens is 3. The number of hydrogen-bond acceptors (Lipinski definition) is 4. The van der Waals surface area contributed by atoms with Crippen LogP contribution in [0.1, 0.15) is 35.3 Å². The van der Waals surface area contributed by atoms with Gasteiger partial charge in [0.15, 0.2) is 6.04 Å². The molecular weight excluding hydrogens is 256 g/mol. The Morgan fingerprint density at radius 2 is 2.10 bits per heavy atom. The standard InChI is InChI=1S/C14H16N4O2/c1-8-2-4-9(5-3-8)10-6-7-11-16-14(15)17-18(11)12(10)13(19)20/h2-5,10,12H,6-7H2,1H3,(H2,15,17)(H,19,20). The molecule has 0 aliphatic carbocycles. The van der Waals surface area contributed by atoms with Crippen LogP contribution in [0.15, 0.2) is 24.3 Å². The van der Waals surface area contributed by atoms with E-state index in [0.29, 0.717) is 12.2 Å². The van der Waals surface area contributed by atoms with Gasteiger partial charge in [0.2, 0.25) is 5.95 Å². The summed E-state index contributed by atoms with van der Waals surface area (Å²) in [5, 5.41) is 13.6. The molecule has 0 fully saturated rings. The van der Waals surface area contributed by atoms with Crippen molar-refractivity contribution in [2.45, 2.75) is 31.7 Å². The molecule has 0 bridgehead atoms. The summed E-state index contributed by atoms with van der Waals surface area (Å²) in [6.45, 7) is 2.01. The first kappa shape index (κ1) is 12.7. The van der Waals surface area contributed by atoms with Gasteiger partial charge in [-0.1, -0.05) is 29.8 Å². The van der Waals surface area contributed by atoms with Gasteiger partial charge in [-0.05, 0) is 18.9 Å². The van der Waals surface area contributed by atoms with E-state index < -0.39 is 12.0 Å². The van der Waals surface area contributed by atoms with E-state index in [4.69, 9.17) is 5.73 Å². The number of benzene rings is 1. The predicted octanol–water partition coefficient (Wildman–Crippen LogP) is 1.52. The van der Waals surface area contributed by atoms with Gasteiger partial charge in [0.05, 0.1) is 0 Å². The Labute approximate surface area is 116 Å². The first-order chi connectivity index (χ1) is 9.56. The molecule has 3 N–H and O–H groups in total. The quantitative estimate of drug-likeness (QED) is 0.864. The third-order valence-corrected chi connectivity index (χ3v) is 3.80. The van der Waals surface area contributed by atoms with Crippen molar-refractivity contribution in [2.24, 2.45) is 0 Å². The summed E-state index contributed by atoms with van der Waals surface area (Å²) < 4.78 is 1.46. The highest BCUT2D eigenvalue weighted by Gasteiger charge is 2.37. The van der Waals surface area contributed by atoms with E-state index in [9.17, 15) is 9.90 Å². The molecule has 6 heteroatoms. The van der Waals surface area contributed by atoms with Crippen molar-refractivity contribution in [1.82, 2.24) is 14.8 Å². The van der Waals surface area contributed by atoms with Crippen LogP contribution in [0.3, 0.4) is 0 Å². The second-order valence-corrected chi connectivity index (χ2v) is 5.17. The van der Waals surface area contributed by atoms with E-state index in [1.54, 1.807) is 0 Å². The first-order valence-electron chi connectivity index (χ1n) is 6.56. The highest BCUT2D eigenvalue weighted by atomic mass is 16.4. The summed E-state index contributed by atoms with van der Waals surface area (Å²) in [6, 6.07) is 7.23. The molecule has 2 heterocycles. The number of fused-ring (bicyclic) bond motifs is 1. The van der Waals surface area contributed by atoms with Crippen LogP contribution in [0.25, 0.3) is 0 Å². The molecule has 1 aliphatic rings. The molecule has 1 aromatic carbocycles. The van der Waals surface area contributed by atoms with Crippen molar-refractivity contribution >= 4 is 11.9 Å². The molecule has 104 valence electrons. The van der Waals surface area contributed by atoms with E-state index in [1.165, 1.54) is 4.68 Å². The van der Waals surface area contributed by atoms with Gasteiger partial charge in [-0.3, -0.25) is 0 Å². The molecule has 3 rings (SSSR count). The van der Waals surface area contributed by atoms with Crippen LogP contribution >= 0.6 is 0 Å². The van der Waals surface area contributed by atoms with Crippen molar-refractivity contribution in [3.8, 4) is 0 Å². The number of nitrogens with zero attached hydrogens (tertiary/aromatic N) is 3. The molecule has 0 amide bonds. The van der Waals surface area contributed by atoms with Crippen LogP contribution in [-0.4, -0.2) is 25.8 Å². The lowest BCUT2D eigenvalue weighted by Crippen LogP contribution is -2.32. The fourth-order valence-electron chi connectivity index (χ4n) is 2.82. The van der Waals surface area contributed by atoms with Crippen LogP contribution in [0, 0.1) is 6.92 Å². The number of hydrogen-bond donors (Lipinski definition) is 2. The average molecular weight is 272 g/mol. The van der Waals surface area contributed by atoms with Crippen LogP contribution in [0.4, 0.5) is 5.95 Å². The normalized spacial score (nSPS) is 21.4. The Bertz CT molecular complexity index is 648. The second-order valence-electron chi connectivity index (χ2n) is 5.17. The van der Waals surface area contributed by atoms with Crippen molar-refractivity contribution in [2.75, 3.05) is 5.73 Å². The highest BCUT2D eigenvalue weighted by molar-refractivity contribution is 5.73. The molecule has 20 heavy (non-hydrogen) atoms. The van der Waals surface area contributed by atoms with Gasteiger partial charge >= 0.3 is 5.97 Å². The Morgan fingerprint density at radius 3 is 2.75 bits per heavy atom. The van der Waals surface area contributed by atoms with Crippen LogP contribution in [-0.2, 0) is 11.2 Å². The summed E-state index contributed by atoms with van der Waals surface area (Å²) in [7, 11) is 0. The zero-order chi connectivity index (χ0) is 14.3. The lowest BCUT2D eigenvalue weighted by atomic mass is 9.84. The average Bonchev–Trinajstić information content (AvgIpc) is 2.78. The van der Waals surface area contributed by atoms with Gasteiger partial charge < -0.3 is 10.8 Å². The number of carboxylic acid groups (broad SMARTS) is 1. The van der Waals surface area contributed by atoms with Gasteiger partial charge in [-0.15, -0.1) is 5.10 Å². The molecule has 1 aliphatic heterocycles. The lowest BCUT2D eigenvalue weighted by Gasteiger charge is -2.29. The van der Waals surface area contributed by atoms with Gasteiger partial charge in [0, 0.05) is 12.3 Å². The van der Waals surface area contributed by atoms with E-state index in [2.05, 4.69) is 10.1 Å². The number of anilines is 1. The van der Waals surface area contributed by atoms with Crippen LogP contribution < -0.4 is 5.73 Å². The van der Waals surface area contributed by atoms with Gasteiger partial charge in [-0.2, -0.15) is 4.98 Å². The Kier molecular flexibility index (Phi) is 2.93. The maximum atomic E-state index is 11.6. The number of rotatable bonds is 2. The molecule has 0 radical (unpaired) electrons. The number of aliphatic carboxylic acids is 1.